The van der Waals surface area contributed by atoms with Gasteiger partial charge in [0, 0.05) is 22.9 Å². The first-order valence-corrected chi connectivity index (χ1v) is 11.7. The number of halogens is 2. The highest BCUT2D eigenvalue weighted by atomic mass is 35.5. The van der Waals surface area contributed by atoms with Gasteiger partial charge in [-0.15, -0.1) is 0 Å². The molecule has 6 nitrogen and oxygen atoms in total. The highest BCUT2D eigenvalue weighted by Crippen LogP contribution is 2.55. The summed E-state index contributed by atoms with van der Waals surface area (Å²) in [5, 5.41) is 24.9. The molecule has 1 fully saturated rings. The highest BCUT2D eigenvalue weighted by Gasteiger charge is 2.54. The Morgan fingerprint density at radius 2 is 1.91 bits per heavy atom. The maximum Gasteiger partial charge on any atom is 0.145 e. The molecule has 168 valence electrons. The summed E-state index contributed by atoms with van der Waals surface area (Å²) in [6.45, 7) is 1.95. The SMILES string of the molecule is Cc1cc2ccc([C@@H]3C=C[C@]4(C3)C[C@@H](n3ccc5c(Cl)ncnc53)[C@H](O)[C@@H]4O)cc2nc1Cl. The van der Waals surface area contributed by atoms with Crippen LogP contribution >= 0.6 is 23.2 Å². The topological polar surface area (TPSA) is 84.1 Å². The number of allylic oxidation sites excluding steroid dienone is 1. The Labute approximate surface area is 200 Å². The van der Waals surface area contributed by atoms with Gasteiger partial charge in [-0.3, -0.25) is 0 Å². The lowest BCUT2D eigenvalue weighted by Gasteiger charge is -2.27. The van der Waals surface area contributed by atoms with Gasteiger partial charge < -0.3 is 14.8 Å². The molecule has 2 aliphatic carbocycles. The molecule has 0 unspecified atom stereocenters. The Morgan fingerprint density at radius 1 is 1.06 bits per heavy atom. The number of hydrogen-bond donors (Lipinski definition) is 2. The van der Waals surface area contributed by atoms with Crippen LogP contribution in [0, 0.1) is 12.3 Å². The number of aliphatic hydroxyl groups is 2. The van der Waals surface area contributed by atoms with Gasteiger partial charge in [0.2, 0.25) is 0 Å². The zero-order chi connectivity index (χ0) is 22.9. The fourth-order valence-corrected chi connectivity index (χ4v) is 5.94. The number of aryl methyl sites for hydroxylation is 1. The summed E-state index contributed by atoms with van der Waals surface area (Å²) >= 11 is 12.5. The second kappa shape index (κ2) is 7.50. The Bertz CT molecular complexity index is 1430. The van der Waals surface area contributed by atoms with Crippen LogP contribution in [0.1, 0.15) is 35.9 Å². The third-order valence-electron chi connectivity index (χ3n) is 7.37. The van der Waals surface area contributed by atoms with E-state index in [4.69, 9.17) is 23.2 Å². The molecule has 1 saturated carbocycles. The average molecular weight is 481 g/mol. The van der Waals surface area contributed by atoms with E-state index in [0.29, 0.717) is 28.8 Å². The fourth-order valence-electron chi connectivity index (χ4n) is 5.60. The van der Waals surface area contributed by atoms with Crippen LogP contribution in [0.25, 0.3) is 21.9 Å². The Kier molecular flexibility index (Phi) is 4.79. The minimum atomic E-state index is -0.919. The predicted molar refractivity (Wildman–Crippen MR) is 129 cm³/mol. The van der Waals surface area contributed by atoms with Crippen LogP contribution in [-0.4, -0.2) is 41.9 Å². The van der Waals surface area contributed by atoms with Crippen molar-refractivity contribution in [3.63, 3.8) is 0 Å². The lowest BCUT2D eigenvalue weighted by atomic mass is 9.80. The Balaban J connectivity index is 1.31. The minimum absolute atomic E-state index is 0.120. The third kappa shape index (κ3) is 3.20. The molecule has 1 spiro atoms. The summed E-state index contributed by atoms with van der Waals surface area (Å²) < 4.78 is 1.91. The molecule has 0 radical (unpaired) electrons. The summed E-state index contributed by atoms with van der Waals surface area (Å²) in [5.41, 5.74) is 3.08. The highest BCUT2D eigenvalue weighted by molar-refractivity contribution is 6.33. The summed E-state index contributed by atoms with van der Waals surface area (Å²) in [4.78, 5) is 12.9. The van der Waals surface area contributed by atoms with Crippen molar-refractivity contribution in [2.45, 2.75) is 43.9 Å². The van der Waals surface area contributed by atoms with Gasteiger partial charge in [-0.25, -0.2) is 15.0 Å². The van der Waals surface area contributed by atoms with Crippen molar-refractivity contribution in [2.75, 3.05) is 0 Å². The molecular formula is C25H22Cl2N4O2. The largest absolute Gasteiger partial charge is 0.389 e. The van der Waals surface area contributed by atoms with Gasteiger partial charge in [-0.05, 0) is 49.1 Å². The number of benzene rings is 1. The van der Waals surface area contributed by atoms with Crippen LogP contribution in [0.15, 0.2) is 55.0 Å². The average Bonchev–Trinajstić information content (AvgIpc) is 3.48. The first-order valence-electron chi connectivity index (χ1n) is 11.0. The fraction of sp³-hybridized carbons (Fsp3) is 0.320. The number of aromatic nitrogens is 4. The molecule has 2 N–H and O–H groups in total. The molecule has 6 rings (SSSR count). The normalized spacial score (nSPS) is 29.1. The molecule has 4 aromatic rings. The van der Waals surface area contributed by atoms with Crippen LogP contribution in [0.3, 0.4) is 0 Å². The van der Waals surface area contributed by atoms with Gasteiger partial charge in [0.25, 0.3) is 0 Å². The molecule has 8 heteroatoms. The molecule has 5 atom stereocenters. The molecule has 3 heterocycles. The molecule has 0 aliphatic heterocycles. The second-order valence-electron chi connectivity index (χ2n) is 9.28. The number of hydrogen-bond acceptors (Lipinski definition) is 5. The quantitative estimate of drug-likeness (QED) is 0.239. The summed E-state index contributed by atoms with van der Waals surface area (Å²) in [6, 6.07) is 9.83. The zero-order valence-electron chi connectivity index (χ0n) is 17.9. The number of fused-ring (bicyclic) bond motifs is 2. The Morgan fingerprint density at radius 3 is 2.76 bits per heavy atom. The van der Waals surface area contributed by atoms with Gasteiger partial charge >= 0.3 is 0 Å². The van der Waals surface area contributed by atoms with Crippen molar-refractivity contribution in [1.82, 2.24) is 19.5 Å². The third-order valence-corrected chi connectivity index (χ3v) is 8.06. The van der Waals surface area contributed by atoms with Gasteiger partial charge in [0.05, 0.1) is 23.0 Å². The number of aliphatic hydroxyl groups excluding tert-OH is 2. The molecule has 3 aromatic heterocycles. The van der Waals surface area contributed by atoms with Crippen molar-refractivity contribution in [3.05, 3.63) is 76.4 Å². The Hall–Kier alpha value is -2.51. The van der Waals surface area contributed by atoms with E-state index in [1.807, 2.05) is 29.8 Å². The maximum atomic E-state index is 11.1. The van der Waals surface area contributed by atoms with E-state index in [1.165, 1.54) is 6.33 Å². The smallest absolute Gasteiger partial charge is 0.145 e. The summed E-state index contributed by atoms with van der Waals surface area (Å²) in [5.74, 6) is 0.120. The van der Waals surface area contributed by atoms with E-state index in [0.717, 1.165) is 27.4 Å². The zero-order valence-corrected chi connectivity index (χ0v) is 19.4. The van der Waals surface area contributed by atoms with E-state index >= 15 is 0 Å². The molecule has 0 saturated heterocycles. The minimum Gasteiger partial charge on any atom is -0.389 e. The van der Waals surface area contributed by atoms with Gasteiger partial charge in [0.15, 0.2) is 0 Å². The molecule has 0 amide bonds. The van der Waals surface area contributed by atoms with Crippen LogP contribution < -0.4 is 0 Å². The van der Waals surface area contributed by atoms with Gasteiger partial charge in [-0.1, -0.05) is 47.5 Å². The van der Waals surface area contributed by atoms with Crippen LogP contribution in [-0.2, 0) is 0 Å². The van der Waals surface area contributed by atoms with Crippen molar-refractivity contribution in [3.8, 4) is 0 Å². The van der Waals surface area contributed by atoms with Crippen LogP contribution in [0.5, 0.6) is 0 Å². The van der Waals surface area contributed by atoms with E-state index in [-0.39, 0.29) is 12.0 Å². The number of rotatable bonds is 2. The summed E-state index contributed by atoms with van der Waals surface area (Å²) in [6.07, 6.45) is 7.02. The van der Waals surface area contributed by atoms with Crippen molar-refractivity contribution < 1.29 is 10.2 Å². The summed E-state index contributed by atoms with van der Waals surface area (Å²) in [7, 11) is 0. The number of nitrogens with zero attached hydrogens (tertiary/aromatic N) is 4. The van der Waals surface area contributed by atoms with Crippen molar-refractivity contribution in [1.29, 1.82) is 0 Å². The molecule has 2 aliphatic rings. The van der Waals surface area contributed by atoms with Gasteiger partial charge in [-0.2, -0.15) is 0 Å². The van der Waals surface area contributed by atoms with E-state index in [9.17, 15) is 10.2 Å². The van der Waals surface area contributed by atoms with Gasteiger partial charge in [0.1, 0.15) is 28.4 Å². The standard InChI is InChI=1S/C25H22Cl2N4O2/c1-13-8-15-3-2-14(9-18(15)30-22(13)26)16-4-6-25(10-16)11-19(20(32)21(25)33)31-7-5-17-23(27)28-12-29-24(17)31/h2-9,12,16,19-21,32-33H,10-11H2,1H3/t16-,19-,20+,21+,25+/m1/s1. The predicted octanol–water partition coefficient (Wildman–Crippen LogP) is 4.99. The van der Waals surface area contributed by atoms with E-state index in [2.05, 4.69) is 45.3 Å². The number of pyridine rings is 1. The van der Waals surface area contributed by atoms with E-state index in [1.54, 1.807) is 0 Å². The first kappa shape index (κ1) is 21.1. The molecule has 33 heavy (non-hydrogen) atoms. The van der Waals surface area contributed by atoms with E-state index < -0.39 is 17.6 Å². The lowest BCUT2D eigenvalue weighted by Crippen LogP contribution is -2.34. The lowest BCUT2D eigenvalue weighted by molar-refractivity contribution is -0.0129. The van der Waals surface area contributed by atoms with Crippen LogP contribution in [0.2, 0.25) is 10.3 Å². The maximum absolute atomic E-state index is 11.1. The van der Waals surface area contributed by atoms with Crippen LogP contribution in [0.4, 0.5) is 0 Å². The van der Waals surface area contributed by atoms with Crippen molar-refractivity contribution >= 4 is 45.1 Å². The second-order valence-corrected chi connectivity index (χ2v) is 10.00. The first-order chi connectivity index (χ1) is 15.9. The molecular weight excluding hydrogens is 459 g/mol. The van der Waals surface area contributed by atoms with Crippen molar-refractivity contribution in [2.24, 2.45) is 5.41 Å². The molecule has 0 bridgehead atoms. The molecule has 1 aromatic carbocycles. The monoisotopic (exact) mass is 480 g/mol.